The highest BCUT2D eigenvalue weighted by Crippen LogP contribution is 2.35. The molecule has 1 aromatic carbocycles. The van der Waals surface area contributed by atoms with Crippen LogP contribution in [0.3, 0.4) is 0 Å². The molecule has 2 atom stereocenters. The van der Waals surface area contributed by atoms with Gasteiger partial charge in [0, 0.05) is 29.6 Å². The maximum absolute atomic E-state index is 15.1. The Morgan fingerprint density at radius 1 is 1.29 bits per heavy atom. The summed E-state index contributed by atoms with van der Waals surface area (Å²) in [4.78, 5) is 21.0. The minimum Gasteiger partial charge on any atom is -0.379 e. The molecule has 2 aliphatic rings. The number of hydrogen-bond donors (Lipinski definition) is 1. The van der Waals surface area contributed by atoms with Crippen LogP contribution in [0.15, 0.2) is 28.6 Å². The fourth-order valence-corrected chi connectivity index (χ4v) is 7.11. The van der Waals surface area contributed by atoms with Crippen LogP contribution in [0.25, 0.3) is 0 Å². The Labute approximate surface area is 212 Å². The number of anilines is 2. The molecule has 0 radical (unpaired) electrons. The number of likely N-dealkylation sites (tertiary alicyclic amines) is 1. The molecule has 188 valence electrons. The molecule has 1 saturated heterocycles. The SMILES string of the molecule is N#CC1CCN([C@H]2CCCC[C@@H]2Nc2cc(F)c(S(=O)(=O)N(OC=O)c3nccs3)cc2Cl)CC1. The van der Waals surface area contributed by atoms with Crippen molar-refractivity contribution < 1.29 is 22.4 Å². The van der Waals surface area contributed by atoms with Crippen LogP contribution in [0.2, 0.25) is 5.02 Å². The molecule has 0 amide bonds. The lowest BCUT2D eigenvalue weighted by Gasteiger charge is -2.43. The van der Waals surface area contributed by atoms with Gasteiger partial charge in [-0.3, -0.25) is 9.69 Å². The van der Waals surface area contributed by atoms with Gasteiger partial charge in [-0.15, -0.1) is 11.3 Å². The molecule has 1 saturated carbocycles. The Morgan fingerprint density at radius 2 is 2.03 bits per heavy atom. The molecular weight excluding hydrogens is 517 g/mol. The van der Waals surface area contributed by atoms with Crippen molar-refractivity contribution in [2.75, 3.05) is 22.9 Å². The zero-order valence-corrected chi connectivity index (χ0v) is 21.2. The Bertz CT molecular complexity index is 1180. The fraction of sp³-hybridized carbons (Fsp3) is 0.500. The largest absolute Gasteiger partial charge is 0.379 e. The second-order valence-electron chi connectivity index (χ2n) is 8.55. The average molecular weight is 542 g/mol. The van der Waals surface area contributed by atoms with E-state index >= 15 is 4.39 Å². The first kappa shape index (κ1) is 25.6. The van der Waals surface area contributed by atoms with E-state index in [2.05, 4.69) is 26.1 Å². The van der Waals surface area contributed by atoms with Gasteiger partial charge in [0.1, 0.15) is 10.7 Å². The summed E-state index contributed by atoms with van der Waals surface area (Å²) in [6, 6.07) is 4.64. The lowest BCUT2D eigenvalue weighted by molar-refractivity contribution is -0.128. The van der Waals surface area contributed by atoms with E-state index in [0.717, 1.165) is 75.1 Å². The number of aromatic nitrogens is 1. The number of nitrogens with one attached hydrogen (secondary N) is 1. The van der Waals surface area contributed by atoms with Crippen LogP contribution in [0.1, 0.15) is 38.5 Å². The van der Waals surface area contributed by atoms with Crippen molar-refractivity contribution in [2.45, 2.75) is 55.5 Å². The molecule has 0 spiro atoms. The van der Waals surface area contributed by atoms with Crippen molar-refractivity contribution in [3.8, 4) is 6.07 Å². The van der Waals surface area contributed by atoms with E-state index in [9.17, 15) is 18.5 Å². The average Bonchev–Trinajstić information content (AvgIpc) is 3.39. The number of piperidine rings is 1. The third kappa shape index (κ3) is 5.53. The fourth-order valence-electron chi connectivity index (χ4n) is 4.75. The number of halogens is 2. The first-order valence-corrected chi connectivity index (χ1v) is 14.0. The summed E-state index contributed by atoms with van der Waals surface area (Å²) in [5.74, 6) is -0.943. The summed E-state index contributed by atoms with van der Waals surface area (Å²) in [5, 5.41) is 13.9. The van der Waals surface area contributed by atoms with Gasteiger partial charge in [0.05, 0.1) is 16.8 Å². The molecule has 1 aromatic heterocycles. The van der Waals surface area contributed by atoms with E-state index in [4.69, 9.17) is 11.6 Å². The highest BCUT2D eigenvalue weighted by atomic mass is 35.5. The van der Waals surface area contributed by atoms with E-state index in [1.54, 1.807) is 0 Å². The van der Waals surface area contributed by atoms with E-state index in [0.29, 0.717) is 5.69 Å². The van der Waals surface area contributed by atoms with Crippen LogP contribution in [-0.4, -0.2) is 49.9 Å². The minimum absolute atomic E-state index is 0.00644. The van der Waals surface area contributed by atoms with Gasteiger partial charge in [0.15, 0.2) is 0 Å². The van der Waals surface area contributed by atoms with Gasteiger partial charge in [-0.2, -0.15) is 13.7 Å². The van der Waals surface area contributed by atoms with Crippen LogP contribution in [0.5, 0.6) is 0 Å². The van der Waals surface area contributed by atoms with E-state index in [1.165, 1.54) is 11.6 Å². The lowest BCUT2D eigenvalue weighted by Crippen LogP contribution is -2.51. The molecule has 13 heteroatoms. The number of benzene rings is 1. The van der Waals surface area contributed by atoms with Crippen LogP contribution in [0, 0.1) is 23.1 Å². The number of carbonyl (C=O) groups is 1. The Morgan fingerprint density at radius 3 is 2.69 bits per heavy atom. The quantitative estimate of drug-likeness (QED) is 0.391. The number of carbonyl (C=O) groups excluding carboxylic acids is 1. The molecule has 2 heterocycles. The van der Waals surface area contributed by atoms with E-state index < -0.39 is 20.7 Å². The molecule has 35 heavy (non-hydrogen) atoms. The summed E-state index contributed by atoms with van der Waals surface area (Å²) < 4.78 is 41.6. The number of nitriles is 1. The van der Waals surface area contributed by atoms with Crippen molar-refractivity contribution in [3.63, 3.8) is 0 Å². The molecule has 2 aromatic rings. The Kier molecular flexibility index (Phi) is 8.11. The number of hydrogen-bond acceptors (Lipinski definition) is 9. The standard InChI is InChI=1S/C22H25ClFN5O4S2/c23-16-11-21(35(31,32)29(33-14-30)22-26-7-10-34-22)17(24)12-19(16)27-18-3-1-2-4-20(18)28-8-5-15(13-25)6-9-28/h7,10-12,14-15,18,20,27H,1-6,8-9H2/t18-,20-/m0/s1. The monoisotopic (exact) mass is 541 g/mol. The number of thiazole rings is 1. The van der Waals surface area contributed by atoms with Crippen LogP contribution >= 0.6 is 22.9 Å². The Balaban J connectivity index is 1.56. The smallest absolute Gasteiger partial charge is 0.322 e. The second kappa shape index (κ2) is 11.1. The number of nitrogens with zero attached hydrogens (tertiary/aromatic N) is 4. The van der Waals surface area contributed by atoms with Crippen LogP contribution < -0.4 is 9.79 Å². The van der Waals surface area contributed by atoms with Crippen molar-refractivity contribution in [1.82, 2.24) is 9.88 Å². The van der Waals surface area contributed by atoms with Gasteiger partial charge < -0.3 is 10.2 Å². The first-order valence-electron chi connectivity index (χ1n) is 11.3. The van der Waals surface area contributed by atoms with Crippen molar-refractivity contribution in [3.05, 3.63) is 34.5 Å². The predicted molar refractivity (Wildman–Crippen MR) is 130 cm³/mol. The number of sulfonamides is 1. The highest BCUT2D eigenvalue weighted by molar-refractivity contribution is 7.92. The van der Waals surface area contributed by atoms with Gasteiger partial charge >= 0.3 is 16.5 Å². The molecular formula is C22H25ClFN5O4S2. The van der Waals surface area contributed by atoms with Gasteiger partial charge in [0.25, 0.3) is 0 Å². The summed E-state index contributed by atoms with van der Waals surface area (Å²) >= 11 is 7.33. The van der Waals surface area contributed by atoms with Crippen molar-refractivity contribution >= 4 is 50.3 Å². The third-order valence-electron chi connectivity index (χ3n) is 6.48. The molecule has 1 N–H and O–H groups in total. The molecule has 9 nitrogen and oxygen atoms in total. The summed E-state index contributed by atoms with van der Waals surface area (Å²) in [5.41, 5.74) is 0.295. The summed E-state index contributed by atoms with van der Waals surface area (Å²) in [6.45, 7) is 1.60. The maximum Gasteiger partial charge on any atom is 0.322 e. The van der Waals surface area contributed by atoms with Gasteiger partial charge in [-0.1, -0.05) is 28.9 Å². The molecule has 0 unspecified atom stereocenters. The zero-order chi connectivity index (χ0) is 25.0. The summed E-state index contributed by atoms with van der Waals surface area (Å²) in [7, 11) is -4.62. The van der Waals surface area contributed by atoms with Gasteiger partial charge in [-0.25, -0.2) is 9.37 Å². The van der Waals surface area contributed by atoms with E-state index in [1.807, 2.05) is 0 Å². The second-order valence-corrected chi connectivity index (χ2v) is 11.6. The maximum atomic E-state index is 15.1. The molecule has 2 fully saturated rings. The molecule has 0 bridgehead atoms. The van der Waals surface area contributed by atoms with Crippen molar-refractivity contribution in [1.29, 1.82) is 5.26 Å². The van der Waals surface area contributed by atoms with Crippen LogP contribution in [0.4, 0.5) is 15.2 Å². The normalized spacial score (nSPS) is 21.7. The zero-order valence-electron chi connectivity index (χ0n) is 18.8. The third-order valence-corrected chi connectivity index (χ3v) is 9.22. The molecule has 1 aliphatic heterocycles. The van der Waals surface area contributed by atoms with Gasteiger partial charge in [0.2, 0.25) is 5.13 Å². The molecule has 1 aliphatic carbocycles. The van der Waals surface area contributed by atoms with Crippen LogP contribution in [-0.2, 0) is 19.7 Å². The first-order chi connectivity index (χ1) is 16.8. The summed E-state index contributed by atoms with van der Waals surface area (Å²) in [6.07, 6.45) is 6.95. The van der Waals surface area contributed by atoms with Crippen molar-refractivity contribution in [2.24, 2.45) is 5.92 Å². The minimum atomic E-state index is -4.62. The topological polar surface area (TPSA) is 116 Å². The van der Waals surface area contributed by atoms with E-state index in [-0.39, 0.29) is 39.1 Å². The highest BCUT2D eigenvalue weighted by Gasteiger charge is 2.35. The lowest BCUT2D eigenvalue weighted by atomic mass is 9.86. The molecule has 4 rings (SSSR count). The number of rotatable bonds is 8. The van der Waals surface area contributed by atoms with Gasteiger partial charge in [-0.05, 0) is 50.9 Å². The predicted octanol–water partition coefficient (Wildman–Crippen LogP) is 4.18. The Hall–Kier alpha value is -2.46.